The maximum atomic E-state index is 12.2. The first-order valence-corrected chi connectivity index (χ1v) is 10.3. The molecule has 10 heteroatoms. The van der Waals surface area contributed by atoms with Crippen molar-refractivity contribution < 1.29 is 4.79 Å². The largest absolute Gasteiger partial charge is 0.337 e. The molecule has 0 unspecified atom stereocenters. The van der Waals surface area contributed by atoms with Gasteiger partial charge in [-0.2, -0.15) is 4.80 Å². The first-order chi connectivity index (χ1) is 15.7. The van der Waals surface area contributed by atoms with Crippen LogP contribution in [0.2, 0.25) is 0 Å². The summed E-state index contributed by atoms with van der Waals surface area (Å²) in [4.78, 5) is 22.7. The summed E-state index contributed by atoms with van der Waals surface area (Å²) in [5, 5.41) is 18.7. The van der Waals surface area contributed by atoms with Crippen LogP contribution in [0.15, 0.2) is 61.1 Å². The zero-order valence-corrected chi connectivity index (χ0v) is 17.4. The van der Waals surface area contributed by atoms with E-state index in [1.165, 1.54) is 4.80 Å². The van der Waals surface area contributed by atoms with Gasteiger partial charge in [-0.3, -0.25) is 10.3 Å². The van der Waals surface area contributed by atoms with E-state index in [0.717, 1.165) is 27.7 Å². The molecule has 0 aliphatic heterocycles. The van der Waals surface area contributed by atoms with E-state index in [1.807, 2.05) is 60.1 Å². The number of imidazole rings is 1. The van der Waals surface area contributed by atoms with Gasteiger partial charge in [0.25, 0.3) is 0 Å². The van der Waals surface area contributed by atoms with Crippen molar-refractivity contribution in [3.63, 3.8) is 0 Å². The predicted molar refractivity (Wildman–Crippen MR) is 120 cm³/mol. The summed E-state index contributed by atoms with van der Waals surface area (Å²) in [5.41, 5.74) is 3.72. The Balaban J connectivity index is 1.25. The van der Waals surface area contributed by atoms with Gasteiger partial charge in [0, 0.05) is 41.9 Å². The van der Waals surface area contributed by atoms with Crippen LogP contribution in [-0.4, -0.2) is 47.2 Å². The van der Waals surface area contributed by atoms with Crippen LogP contribution < -0.4 is 10.6 Å². The molecule has 0 saturated carbocycles. The highest BCUT2D eigenvalue weighted by molar-refractivity contribution is 5.88. The molecule has 32 heavy (non-hydrogen) atoms. The number of benzene rings is 1. The number of tetrazole rings is 1. The molecule has 0 saturated heterocycles. The normalized spacial score (nSPS) is 11.2. The molecular formula is C22H21N9O. The van der Waals surface area contributed by atoms with Gasteiger partial charge in [0.05, 0.1) is 18.3 Å². The smallest absolute Gasteiger partial charge is 0.320 e. The van der Waals surface area contributed by atoms with Crippen molar-refractivity contribution in [2.24, 2.45) is 0 Å². The number of amides is 2. The Morgan fingerprint density at radius 3 is 2.88 bits per heavy atom. The molecule has 0 radical (unpaired) electrons. The Bertz CT molecular complexity index is 1410. The molecule has 5 aromatic rings. The molecule has 5 rings (SSSR count). The van der Waals surface area contributed by atoms with Crippen molar-refractivity contribution in [1.29, 1.82) is 0 Å². The number of aryl methyl sites for hydroxylation is 1. The van der Waals surface area contributed by atoms with Gasteiger partial charge < -0.3 is 9.72 Å². The van der Waals surface area contributed by atoms with Gasteiger partial charge in [-0.05, 0) is 36.4 Å². The number of carbonyl (C=O) groups excluding carboxylic acids is 1. The van der Waals surface area contributed by atoms with Crippen molar-refractivity contribution in [1.82, 2.24) is 39.9 Å². The molecule has 1 aromatic carbocycles. The average Bonchev–Trinajstić information content (AvgIpc) is 3.44. The van der Waals surface area contributed by atoms with E-state index in [1.54, 1.807) is 6.20 Å². The lowest BCUT2D eigenvalue weighted by molar-refractivity contribution is 0.252. The first-order valence-electron chi connectivity index (χ1n) is 10.3. The van der Waals surface area contributed by atoms with Gasteiger partial charge in [-0.1, -0.05) is 18.2 Å². The third-order valence-corrected chi connectivity index (χ3v) is 5.03. The molecule has 0 aliphatic rings. The van der Waals surface area contributed by atoms with E-state index in [4.69, 9.17) is 0 Å². The second kappa shape index (κ2) is 8.42. The van der Waals surface area contributed by atoms with Crippen LogP contribution in [-0.2, 0) is 13.0 Å². The molecule has 4 heterocycles. The zero-order chi connectivity index (χ0) is 21.9. The summed E-state index contributed by atoms with van der Waals surface area (Å²) in [6.45, 7) is 3.00. The molecule has 0 atom stereocenters. The number of aromatic nitrogens is 7. The maximum Gasteiger partial charge on any atom is 0.320 e. The minimum absolute atomic E-state index is 0.338. The van der Waals surface area contributed by atoms with E-state index in [0.29, 0.717) is 31.2 Å². The number of urea groups is 1. The summed E-state index contributed by atoms with van der Waals surface area (Å²) in [6.07, 6.45) is 6.12. The van der Waals surface area contributed by atoms with Crippen molar-refractivity contribution in [3.05, 3.63) is 66.9 Å². The second-order valence-corrected chi connectivity index (χ2v) is 7.25. The van der Waals surface area contributed by atoms with Crippen molar-refractivity contribution in [2.75, 3.05) is 11.9 Å². The van der Waals surface area contributed by atoms with E-state index in [2.05, 4.69) is 42.1 Å². The summed E-state index contributed by atoms with van der Waals surface area (Å²) in [6, 6.07) is 13.7. The number of rotatable bonds is 6. The fourth-order valence-electron chi connectivity index (χ4n) is 3.41. The van der Waals surface area contributed by atoms with Crippen LogP contribution in [0, 0.1) is 0 Å². The third-order valence-electron chi connectivity index (χ3n) is 5.03. The third kappa shape index (κ3) is 4.10. The Kier molecular flexibility index (Phi) is 5.16. The molecule has 160 valence electrons. The summed E-state index contributed by atoms with van der Waals surface area (Å²) in [7, 11) is 0. The van der Waals surface area contributed by atoms with Gasteiger partial charge in [-0.25, -0.2) is 9.78 Å². The molecule has 0 fully saturated rings. The fraction of sp³-hybridized carbons (Fsp3) is 0.182. The number of fused-ring (bicyclic) bond motifs is 2. The maximum absolute atomic E-state index is 12.2. The van der Waals surface area contributed by atoms with Crippen molar-refractivity contribution in [3.8, 4) is 11.1 Å². The quantitative estimate of drug-likeness (QED) is 0.431. The van der Waals surface area contributed by atoms with Crippen LogP contribution in [0.3, 0.4) is 0 Å². The predicted octanol–water partition coefficient (Wildman–Crippen LogP) is 2.92. The van der Waals surface area contributed by atoms with E-state index in [-0.39, 0.29) is 6.03 Å². The molecule has 0 bridgehead atoms. The second-order valence-electron chi connectivity index (χ2n) is 7.25. The first kappa shape index (κ1) is 19.6. The molecule has 4 aromatic heterocycles. The number of anilines is 1. The van der Waals surface area contributed by atoms with Gasteiger partial charge >= 0.3 is 6.03 Å². The molecule has 2 N–H and O–H groups in total. The number of carbonyl (C=O) groups is 1. The van der Waals surface area contributed by atoms with Crippen LogP contribution in [0.25, 0.3) is 27.7 Å². The van der Waals surface area contributed by atoms with Gasteiger partial charge in [0.1, 0.15) is 5.65 Å². The summed E-state index contributed by atoms with van der Waals surface area (Å²) < 4.78 is 1.88. The molecule has 10 nitrogen and oxygen atoms in total. The number of para-hydroxylation sites is 1. The van der Waals surface area contributed by atoms with Crippen molar-refractivity contribution in [2.45, 2.75) is 19.9 Å². The average molecular weight is 427 g/mol. The monoisotopic (exact) mass is 427 g/mol. The minimum atomic E-state index is -0.338. The van der Waals surface area contributed by atoms with Gasteiger partial charge in [0.15, 0.2) is 11.6 Å². The molecule has 2 amide bonds. The lowest BCUT2D eigenvalue weighted by atomic mass is 10.1. The van der Waals surface area contributed by atoms with Crippen LogP contribution in [0.4, 0.5) is 10.6 Å². The SMILES string of the molecule is CCn1nnc(CCNC(=O)Nc2cn3cc(-c4cnc5ccccc5c4)ccc3n2)n1. The topological polar surface area (TPSA) is 115 Å². The molecular weight excluding hydrogens is 406 g/mol. The highest BCUT2D eigenvalue weighted by Gasteiger charge is 2.09. The Morgan fingerprint density at radius 2 is 2.00 bits per heavy atom. The summed E-state index contributed by atoms with van der Waals surface area (Å²) in [5.74, 6) is 1.06. The lowest BCUT2D eigenvalue weighted by Gasteiger charge is -2.04. The lowest BCUT2D eigenvalue weighted by Crippen LogP contribution is -2.30. The Hall–Kier alpha value is -4.34. The Morgan fingerprint density at radius 1 is 1.09 bits per heavy atom. The standard InChI is InChI=1S/C22H21N9O/c1-2-31-28-19(27-29-31)9-10-23-22(32)26-20-14-30-13-16(7-8-21(30)25-20)17-11-15-5-3-4-6-18(15)24-12-17/h3-8,11-14H,2,9-10H2,1H3,(H2,23,26,32). The fourth-order valence-corrected chi connectivity index (χ4v) is 3.41. The zero-order valence-electron chi connectivity index (χ0n) is 17.4. The Labute approximate surface area is 183 Å². The van der Waals surface area contributed by atoms with Gasteiger partial charge in [0.2, 0.25) is 0 Å². The number of pyridine rings is 2. The van der Waals surface area contributed by atoms with Crippen molar-refractivity contribution >= 4 is 28.4 Å². The number of hydrogen-bond donors (Lipinski definition) is 2. The number of hydrogen-bond acceptors (Lipinski definition) is 6. The summed E-state index contributed by atoms with van der Waals surface area (Å²) >= 11 is 0. The van der Waals surface area contributed by atoms with E-state index in [9.17, 15) is 4.79 Å². The minimum Gasteiger partial charge on any atom is -0.337 e. The van der Waals surface area contributed by atoms with Gasteiger partial charge in [-0.15, -0.1) is 10.2 Å². The number of nitrogens with zero attached hydrogens (tertiary/aromatic N) is 7. The van der Waals surface area contributed by atoms with E-state index >= 15 is 0 Å². The van der Waals surface area contributed by atoms with Crippen LogP contribution in [0.1, 0.15) is 12.7 Å². The highest BCUT2D eigenvalue weighted by atomic mass is 16.2. The highest BCUT2D eigenvalue weighted by Crippen LogP contribution is 2.23. The van der Waals surface area contributed by atoms with Crippen LogP contribution in [0.5, 0.6) is 0 Å². The van der Waals surface area contributed by atoms with Crippen LogP contribution >= 0.6 is 0 Å². The molecule has 0 aliphatic carbocycles. The molecule has 0 spiro atoms. The van der Waals surface area contributed by atoms with E-state index < -0.39 is 0 Å². The number of nitrogens with one attached hydrogen (secondary N) is 2.